The minimum absolute atomic E-state index is 0.933. The molecule has 0 spiro atoms. The van der Waals surface area contributed by atoms with E-state index in [1.807, 2.05) is 0 Å². The van der Waals surface area contributed by atoms with Crippen molar-refractivity contribution in [1.29, 1.82) is 0 Å². The second kappa shape index (κ2) is 7.17. The van der Waals surface area contributed by atoms with Crippen LogP contribution >= 0.6 is 0 Å². The second-order valence-corrected chi connectivity index (χ2v) is 11.0. The van der Waals surface area contributed by atoms with Gasteiger partial charge in [0, 0.05) is 6.54 Å². The van der Waals surface area contributed by atoms with Crippen LogP contribution in [0.2, 0.25) is 0 Å². The van der Waals surface area contributed by atoms with Gasteiger partial charge in [0.1, 0.15) is 0 Å². The number of likely N-dealkylation sites (tertiary alicyclic amines) is 1. The van der Waals surface area contributed by atoms with Crippen molar-refractivity contribution in [3.05, 3.63) is 0 Å². The Morgan fingerprint density at radius 1 is 0.640 bits per heavy atom. The predicted octanol–water partition coefficient (Wildman–Crippen LogP) is 6.28. The Kier molecular flexibility index (Phi) is 4.90. The molecule has 0 N–H and O–H groups in total. The molecule has 0 aromatic heterocycles. The van der Waals surface area contributed by atoms with Gasteiger partial charge in [-0.05, 0) is 99.5 Å². The lowest BCUT2D eigenvalue weighted by molar-refractivity contribution is 0.146. The lowest BCUT2D eigenvalue weighted by Gasteiger charge is -2.34. The van der Waals surface area contributed by atoms with Crippen molar-refractivity contribution in [2.24, 2.45) is 35.0 Å². The van der Waals surface area contributed by atoms with E-state index < -0.39 is 0 Å². The first-order valence-corrected chi connectivity index (χ1v) is 12.0. The van der Waals surface area contributed by atoms with E-state index >= 15 is 0 Å². The summed E-state index contributed by atoms with van der Waals surface area (Å²) in [5, 5.41) is 0. The SMILES string of the molecule is C1CC[C@@H](CN2CCC(CC3CC3)CC2)CCCC(CC23CC2C3)C1. The molecule has 1 heterocycles. The molecule has 0 aromatic carbocycles. The van der Waals surface area contributed by atoms with Gasteiger partial charge in [0.25, 0.3) is 0 Å². The molecule has 1 heteroatoms. The molecule has 0 bridgehead atoms. The number of hydrogen-bond donors (Lipinski definition) is 0. The summed E-state index contributed by atoms with van der Waals surface area (Å²) in [6.07, 6.45) is 23.3. The molecule has 25 heavy (non-hydrogen) atoms. The Bertz CT molecular complexity index is 439. The zero-order chi connectivity index (χ0) is 16.7. The highest BCUT2D eigenvalue weighted by molar-refractivity contribution is 5.18. The Labute approximate surface area is 156 Å². The van der Waals surface area contributed by atoms with Crippen molar-refractivity contribution >= 4 is 0 Å². The van der Waals surface area contributed by atoms with Crippen molar-refractivity contribution in [1.82, 2.24) is 4.90 Å². The van der Waals surface area contributed by atoms with Crippen LogP contribution in [0.5, 0.6) is 0 Å². The van der Waals surface area contributed by atoms with Crippen LogP contribution < -0.4 is 0 Å². The van der Waals surface area contributed by atoms with E-state index in [1.165, 1.54) is 70.5 Å². The highest BCUT2D eigenvalue weighted by atomic mass is 15.1. The fourth-order valence-electron chi connectivity index (χ4n) is 6.54. The van der Waals surface area contributed by atoms with Crippen molar-refractivity contribution in [2.75, 3.05) is 19.6 Å². The van der Waals surface area contributed by atoms with Crippen LogP contribution in [0, 0.1) is 35.0 Å². The molecule has 4 aliphatic carbocycles. The largest absolute Gasteiger partial charge is 0.303 e. The molecular formula is C24H41N. The first-order chi connectivity index (χ1) is 12.3. The predicted molar refractivity (Wildman–Crippen MR) is 106 cm³/mol. The van der Waals surface area contributed by atoms with Crippen molar-refractivity contribution in [3.63, 3.8) is 0 Å². The average Bonchev–Trinajstić information content (AvgIpc) is 3.49. The van der Waals surface area contributed by atoms with Gasteiger partial charge in [0.15, 0.2) is 0 Å². The third-order valence-corrected chi connectivity index (χ3v) is 8.83. The van der Waals surface area contributed by atoms with Gasteiger partial charge in [-0.2, -0.15) is 0 Å². The van der Waals surface area contributed by atoms with Crippen molar-refractivity contribution in [2.45, 2.75) is 96.3 Å². The van der Waals surface area contributed by atoms with Crippen LogP contribution in [0.4, 0.5) is 0 Å². The second-order valence-electron chi connectivity index (χ2n) is 11.0. The van der Waals surface area contributed by atoms with E-state index in [1.54, 1.807) is 51.4 Å². The summed E-state index contributed by atoms with van der Waals surface area (Å²) in [5.74, 6) is 5.55. The van der Waals surface area contributed by atoms with E-state index in [-0.39, 0.29) is 0 Å². The smallest absolute Gasteiger partial charge is 0.000966 e. The van der Waals surface area contributed by atoms with Crippen LogP contribution in [-0.2, 0) is 0 Å². The van der Waals surface area contributed by atoms with Crippen LogP contribution in [0.15, 0.2) is 0 Å². The highest BCUT2D eigenvalue weighted by Crippen LogP contribution is 2.78. The third kappa shape index (κ3) is 4.45. The molecule has 1 unspecified atom stereocenters. The number of piperidine rings is 1. The number of rotatable bonds is 6. The van der Waals surface area contributed by atoms with Crippen molar-refractivity contribution in [3.8, 4) is 0 Å². The van der Waals surface area contributed by atoms with Crippen LogP contribution in [0.3, 0.4) is 0 Å². The topological polar surface area (TPSA) is 3.24 Å². The first-order valence-electron chi connectivity index (χ1n) is 12.0. The zero-order valence-corrected chi connectivity index (χ0v) is 16.6. The van der Waals surface area contributed by atoms with Crippen LogP contribution in [0.25, 0.3) is 0 Å². The van der Waals surface area contributed by atoms with E-state index in [4.69, 9.17) is 0 Å². The fourth-order valence-corrected chi connectivity index (χ4v) is 6.54. The summed E-state index contributed by atoms with van der Waals surface area (Å²) >= 11 is 0. The molecule has 5 fully saturated rings. The van der Waals surface area contributed by atoms with Gasteiger partial charge in [-0.25, -0.2) is 0 Å². The quantitative estimate of drug-likeness (QED) is 0.549. The van der Waals surface area contributed by atoms with Crippen molar-refractivity contribution < 1.29 is 0 Å². The highest BCUT2D eigenvalue weighted by Gasteiger charge is 2.68. The molecule has 5 rings (SSSR count). The Balaban J connectivity index is 1.03. The van der Waals surface area contributed by atoms with E-state index in [9.17, 15) is 0 Å². The number of fused-ring (bicyclic) bond motifs is 1. The van der Waals surface area contributed by atoms with E-state index in [0.717, 1.165) is 29.1 Å². The van der Waals surface area contributed by atoms with Gasteiger partial charge in [-0.15, -0.1) is 0 Å². The Hall–Kier alpha value is -0.0400. The minimum Gasteiger partial charge on any atom is -0.303 e. The van der Waals surface area contributed by atoms with E-state index in [0.29, 0.717) is 0 Å². The molecule has 0 amide bonds. The molecule has 1 saturated heterocycles. The standard InChI is InChI=1S/C24H41N/c1-2-5-22(7-3-6-21(4-1)15-24-16-23(24)17-24)18-25-12-10-20(11-13-25)14-19-8-9-19/h19-23H,1-18H2/t21?,22-,23?,24?/m1/s1. The van der Waals surface area contributed by atoms with Gasteiger partial charge in [0.05, 0.1) is 0 Å². The molecule has 1 nitrogen and oxygen atoms in total. The van der Waals surface area contributed by atoms with Gasteiger partial charge < -0.3 is 4.90 Å². The van der Waals surface area contributed by atoms with Gasteiger partial charge >= 0.3 is 0 Å². The maximum Gasteiger partial charge on any atom is 0.000966 e. The summed E-state index contributed by atoms with van der Waals surface area (Å²) < 4.78 is 0. The first kappa shape index (κ1) is 17.1. The Morgan fingerprint density at radius 3 is 1.92 bits per heavy atom. The summed E-state index contributed by atoms with van der Waals surface area (Å²) in [4.78, 5) is 2.85. The molecule has 0 radical (unpaired) electrons. The minimum atomic E-state index is 0.933. The lowest BCUT2D eigenvalue weighted by atomic mass is 9.88. The average molecular weight is 344 g/mol. The van der Waals surface area contributed by atoms with Gasteiger partial charge in [0.2, 0.25) is 0 Å². The van der Waals surface area contributed by atoms with Crippen LogP contribution in [0.1, 0.15) is 96.3 Å². The van der Waals surface area contributed by atoms with Gasteiger partial charge in [-0.1, -0.05) is 44.9 Å². The molecule has 142 valence electrons. The summed E-state index contributed by atoms with van der Waals surface area (Å²) in [5.41, 5.74) is 0.933. The normalized spacial score (nSPS) is 43.0. The number of nitrogens with zero attached hydrogens (tertiary/aromatic N) is 1. The molecule has 2 atom stereocenters. The molecule has 4 saturated carbocycles. The lowest BCUT2D eigenvalue weighted by Crippen LogP contribution is -2.37. The molecular weight excluding hydrogens is 302 g/mol. The monoisotopic (exact) mass is 343 g/mol. The molecule has 5 aliphatic rings. The summed E-state index contributed by atoms with van der Waals surface area (Å²) in [6, 6.07) is 0. The summed E-state index contributed by atoms with van der Waals surface area (Å²) in [6.45, 7) is 4.27. The molecule has 0 aromatic rings. The van der Waals surface area contributed by atoms with Crippen LogP contribution in [-0.4, -0.2) is 24.5 Å². The summed E-state index contributed by atoms with van der Waals surface area (Å²) in [7, 11) is 0. The fraction of sp³-hybridized carbons (Fsp3) is 1.00. The zero-order valence-electron chi connectivity index (χ0n) is 16.6. The Morgan fingerprint density at radius 2 is 1.24 bits per heavy atom. The maximum atomic E-state index is 2.85. The maximum absolute atomic E-state index is 2.85. The molecule has 1 aliphatic heterocycles. The van der Waals surface area contributed by atoms with Gasteiger partial charge in [-0.3, -0.25) is 0 Å². The van der Waals surface area contributed by atoms with E-state index in [2.05, 4.69) is 4.90 Å². The number of hydrogen-bond acceptors (Lipinski definition) is 1. The third-order valence-electron chi connectivity index (χ3n) is 8.83.